The molecule has 0 fully saturated rings. The highest BCUT2D eigenvalue weighted by molar-refractivity contribution is 9.10. The second-order valence-corrected chi connectivity index (χ2v) is 5.20. The van der Waals surface area contributed by atoms with Gasteiger partial charge in [-0.1, -0.05) is 13.0 Å². The van der Waals surface area contributed by atoms with Gasteiger partial charge in [0.25, 0.3) is 0 Å². The van der Waals surface area contributed by atoms with E-state index in [1.54, 1.807) is 13.4 Å². The van der Waals surface area contributed by atoms with E-state index in [0.29, 0.717) is 6.42 Å². The van der Waals surface area contributed by atoms with Crippen LogP contribution in [0.3, 0.4) is 0 Å². The number of methoxy groups -OCH3 is 1. The molecule has 0 aliphatic rings. The summed E-state index contributed by atoms with van der Waals surface area (Å²) in [5, 5.41) is 10.3. The number of halogens is 1. The molecule has 0 radical (unpaired) electrons. The summed E-state index contributed by atoms with van der Waals surface area (Å²) in [4.78, 5) is 0. The van der Waals surface area contributed by atoms with Gasteiger partial charge in [-0.3, -0.25) is 0 Å². The summed E-state index contributed by atoms with van der Waals surface area (Å²) in [7, 11) is 1.63. The van der Waals surface area contributed by atoms with Crippen molar-refractivity contribution in [3.8, 4) is 5.75 Å². The lowest BCUT2D eigenvalue weighted by Gasteiger charge is -2.12. The van der Waals surface area contributed by atoms with Crippen molar-refractivity contribution in [2.24, 2.45) is 0 Å². The van der Waals surface area contributed by atoms with Crippen LogP contribution in [0.2, 0.25) is 0 Å². The molecule has 0 saturated carbocycles. The first-order valence-corrected chi connectivity index (χ1v) is 7.01. The number of hydrogen-bond acceptors (Lipinski definition) is 3. The summed E-state index contributed by atoms with van der Waals surface area (Å²) < 4.78 is 11.4. The van der Waals surface area contributed by atoms with E-state index in [9.17, 15) is 5.11 Å². The number of benzene rings is 1. The van der Waals surface area contributed by atoms with Gasteiger partial charge in [0.2, 0.25) is 0 Å². The molecular formula is C15H17BrO3. The van der Waals surface area contributed by atoms with Crippen molar-refractivity contribution in [1.82, 2.24) is 0 Å². The highest BCUT2D eigenvalue weighted by atomic mass is 79.9. The molecule has 0 amide bonds. The maximum Gasteiger partial charge on any atom is 0.133 e. The molecule has 0 aliphatic carbocycles. The fourth-order valence-electron chi connectivity index (χ4n) is 2.10. The van der Waals surface area contributed by atoms with Crippen molar-refractivity contribution < 1.29 is 14.3 Å². The second-order valence-electron chi connectivity index (χ2n) is 4.34. The molecule has 1 atom stereocenters. The lowest BCUT2D eigenvalue weighted by Crippen LogP contribution is -2.03. The molecule has 3 nitrogen and oxygen atoms in total. The van der Waals surface area contributed by atoms with Gasteiger partial charge in [0, 0.05) is 18.4 Å². The third-order valence-corrected chi connectivity index (χ3v) is 3.72. The quantitative estimate of drug-likeness (QED) is 0.907. The molecule has 4 heteroatoms. The largest absolute Gasteiger partial charge is 0.496 e. The van der Waals surface area contributed by atoms with Crippen LogP contribution in [0.4, 0.5) is 0 Å². The van der Waals surface area contributed by atoms with Crippen molar-refractivity contribution in [1.29, 1.82) is 0 Å². The molecule has 1 aromatic carbocycles. The van der Waals surface area contributed by atoms with E-state index in [2.05, 4.69) is 15.9 Å². The first kappa shape index (κ1) is 14.2. The average Bonchev–Trinajstić information content (AvgIpc) is 2.87. The Morgan fingerprint density at radius 2 is 2.16 bits per heavy atom. The summed E-state index contributed by atoms with van der Waals surface area (Å²) in [6.07, 6.45) is 2.41. The maximum atomic E-state index is 10.3. The molecule has 19 heavy (non-hydrogen) atoms. The minimum atomic E-state index is -0.547. The predicted molar refractivity (Wildman–Crippen MR) is 77.4 cm³/mol. The summed E-state index contributed by atoms with van der Waals surface area (Å²) in [6, 6.07) is 7.65. The number of hydrogen-bond donors (Lipinski definition) is 1. The van der Waals surface area contributed by atoms with Gasteiger partial charge in [0.1, 0.15) is 11.5 Å². The molecule has 2 rings (SSSR count). The molecule has 2 aromatic rings. The van der Waals surface area contributed by atoms with Crippen molar-refractivity contribution in [2.45, 2.75) is 25.9 Å². The minimum Gasteiger partial charge on any atom is -0.496 e. The molecule has 0 bridgehead atoms. The highest BCUT2D eigenvalue weighted by Crippen LogP contribution is 2.29. The van der Waals surface area contributed by atoms with Gasteiger partial charge >= 0.3 is 0 Å². The smallest absolute Gasteiger partial charge is 0.133 e. The number of rotatable bonds is 5. The van der Waals surface area contributed by atoms with Crippen LogP contribution in [0.15, 0.2) is 39.4 Å². The van der Waals surface area contributed by atoms with Crippen molar-refractivity contribution in [3.63, 3.8) is 0 Å². The second kappa shape index (κ2) is 6.26. The fourth-order valence-corrected chi connectivity index (χ4v) is 2.69. The van der Waals surface area contributed by atoms with Crippen LogP contribution in [-0.4, -0.2) is 12.2 Å². The summed E-state index contributed by atoms with van der Waals surface area (Å²) in [6.45, 7) is 2.01. The Morgan fingerprint density at radius 1 is 1.37 bits per heavy atom. The molecule has 1 unspecified atom stereocenters. The first-order chi connectivity index (χ1) is 9.15. The molecule has 0 spiro atoms. The van der Waals surface area contributed by atoms with Crippen LogP contribution < -0.4 is 4.74 Å². The van der Waals surface area contributed by atoms with E-state index in [1.165, 1.54) is 0 Å². The zero-order valence-electron chi connectivity index (χ0n) is 11.0. The van der Waals surface area contributed by atoms with Crippen LogP contribution in [0, 0.1) is 0 Å². The van der Waals surface area contributed by atoms with Crippen molar-refractivity contribution >= 4 is 15.9 Å². The Kier molecular flexibility index (Phi) is 4.66. The topological polar surface area (TPSA) is 42.6 Å². The third kappa shape index (κ3) is 3.19. The monoisotopic (exact) mass is 324 g/mol. The van der Waals surface area contributed by atoms with Gasteiger partial charge in [0.15, 0.2) is 0 Å². The fraction of sp³-hybridized carbons (Fsp3) is 0.333. The molecule has 1 aromatic heterocycles. The Labute approximate surface area is 121 Å². The van der Waals surface area contributed by atoms with E-state index in [-0.39, 0.29) is 0 Å². The van der Waals surface area contributed by atoms with Gasteiger partial charge in [-0.05, 0) is 39.7 Å². The summed E-state index contributed by atoms with van der Waals surface area (Å²) >= 11 is 3.45. The average molecular weight is 325 g/mol. The van der Waals surface area contributed by atoms with Crippen molar-refractivity contribution in [3.05, 3.63) is 51.9 Å². The maximum absolute atomic E-state index is 10.3. The lowest BCUT2D eigenvalue weighted by atomic mass is 10.0. The molecule has 1 N–H and O–H groups in total. The molecular weight excluding hydrogens is 308 g/mol. The lowest BCUT2D eigenvalue weighted by molar-refractivity contribution is 0.176. The SMILES string of the molecule is CCc1occc1C(O)Cc1ccc(OC)c(Br)c1. The number of aryl methyl sites for hydroxylation is 1. The summed E-state index contributed by atoms with van der Waals surface area (Å²) in [5.74, 6) is 1.64. The third-order valence-electron chi connectivity index (χ3n) is 3.11. The summed E-state index contributed by atoms with van der Waals surface area (Å²) in [5.41, 5.74) is 1.91. The van der Waals surface area contributed by atoms with Gasteiger partial charge in [-0.15, -0.1) is 0 Å². The number of aliphatic hydroxyl groups excluding tert-OH is 1. The number of furan rings is 1. The van der Waals surface area contributed by atoms with E-state index < -0.39 is 6.10 Å². The molecule has 0 saturated heterocycles. The molecule has 1 heterocycles. The Balaban J connectivity index is 2.15. The van der Waals surface area contributed by atoms with Crippen LogP contribution in [0.1, 0.15) is 29.9 Å². The Bertz CT molecular complexity index is 548. The van der Waals surface area contributed by atoms with E-state index in [1.807, 2.05) is 31.2 Å². The zero-order chi connectivity index (χ0) is 13.8. The van der Waals surface area contributed by atoms with Crippen LogP contribution in [0.25, 0.3) is 0 Å². The van der Waals surface area contributed by atoms with Crippen LogP contribution >= 0.6 is 15.9 Å². The van der Waals surface area contributed by atoms with E-state index in [0.717, 1.165) is 33.5 Å². The predicted octanol–water partition coefficient (Wildman–Crippen LogP) is 3.89. The highest BCUT2D eigenvalue weighted by Gasteiger charge is 2.15. The van der Waals surface area contributed by atoms with Gasteiger partial charge in [0.05, 0.1) is 23.9 Å². The normalized spacial score (nSPS) is 12.4. The Hall–Kier alpha value is -1.26. The standard InChI is InChI=1S/C15H17BrO3/c1-3-14-11(6-7-19-14)13(17)9-10-4-5-15(18-2)12(16)8-10/h4-8,13,17H,3,9H2,1-2H3. The van der Waals surface area contributed by atoms with Crippen LogP contribution in [0.5, 0.6) is 5.75 Å². The zero-order valence-corrected chi connectivity index (χ0v) is 12.6. The molecule has 0 aliphatic heterocycles. The van der Waals surface area contributed by atoms with Gasteiger partial charge in [-0.25, -0.2) is 0 Å². The number of ether oxygens (including phenoxy) is 1. The Morgan fingerprint density at radius 3 is 2.79 bits per heavy atom. The van der Waals surface area contributed by atoms with E-state index in [4.69, 9.17) is 9.15 Å². The first-order valence-electron chi connectivity index (χ1n) is 6.22. The minimum absolute atomic E-state index is 0.547. The van der Waals surface area contributed by atoms with Crippen molar-refractivity contribution in [2.75, 3.05) is 7.11 Å². The van der Waals surface area contributed by atoms with Gasteiger partial charge in [-0.2, -0.15) is 0 Å². The number of aliphatic hydroxyl groups is 1. The molecule has 102 valence electrons. The van der Waals surface area contributed by atoms with E-state index >= 15 is 0 Å². The van der Waals surface area contributed by atoms with Crippen LogP contribution in [-0.2, 0) is 12.8 Å². The van der Waals surface area contributed by atoms with Gasteiger partial charge < -0.3 is 14.3 Å².